The number of hydrogen-bond donors (Lipinski definition) is 3. The highest BCUT2D eigenvalue weighted by molar-refractivity contribution is 7.88. The Bertz CT molecular complexity index is 543. The van der Waals surface area contributed by atoms with Gasteiger partial charge in [-0.1, -0.05) is 24.3 Å². The molecule has 1 amide bonds. The molecule has 0 saturated heterocycles. The molecule has 0 spiro atoms. The molecular weight excluding hydrogens is 266 g/mol. The molecule has 0 aromatic heterocycles. The number of nitrogens with two attached hydrogens (primary N) is 2. The number of carbonyl (C=O) groups excluding carboxylic acids is 1. The van der Waals surface area contributed by atoms with Crippen molar-refractivity contribution < 1.29 is 13.2 Å². The lowest BCUT2D eigenvalue weighted by Gasteiger charge is -2.12. The fraction of sp³-hybridized carbons (Fsp3) is 0.417. The molecule has 1 rings (SSSR count). The van der Waals surface area contributed by atoms with E-state index < -0.39 is 22.0 Å². The Morgan fingerprint density at radius 2 is 2.00 bits per heavy atom. The van der Waals surface area contributed by atoms with Crippen molar-refractivity contribution in [2.75, 3.05) is 0 Å². The Morgan fingerprint density at radius 3 is 2.58 bits per heavy atom. The predicted molar refractivity (Wildman–Crippen MR) is 73.4 cm³/mol. The van der Waals surface area contributed by atoms with Gasteiger partial charge in [-0.25, -0.2) is 13.1 Å². The third kappa shape index (κ3) is 5.82. The summed E-state index contributed by atoms with van der Waals surface area (Å²) in [5, 5.41) is 0. The van der Waals surface area contributed by atoms with Gasteiger partial charge in [-0.3, -0.25) is 4.79 Å². The topological polar surface area (TPSA) is 115 Å². The van der Waals surface area contributed by atoms with Crippen molar-refractivity contribution in [3.05, 3.63) is 35.4 Å². The molecule has 0 aliphatic heterocycles. The van der Waals surface area contributed by atoms with Crippen LogP contribution in [-0.4, -0.2) is 20.4 Å². The van der Waals surface area contributed by atoms with E-state index in [-0.39, 0.29) is 12.2 Å². The zero-order chi connectivity index (χ0) is 14.5. The van der Waals surface area contributed by atoms with E-state index in [9.17, 15) is 13.2 Å². The number of primary amides is 1. The molecule has 5 N–H and O–H groups in total. The van der Waals surface area contributed by atoms with Crippen molar-refractivity contribution in [2.45, 2.75) is 31.7 Å². The molecule has 0 bridgehead atoms. The van der Waals surface area contributed by atoms with Gasteiger partial charge in [0.25, 0.3) is 0 Å². The Hall–Kier alpha value is -1.44. The Balaban J connectivity index is 2.70. The first kappa shape index (κ1) is 15.6. The molecule has 0 fully saturated rings. The first-order valence-electron chi connectivity index (χ1n) is 5.88. The minimum atomic E-state index is -3.50. The van der Waals surface area contributed by atoms with E-state index in [2.05, 4.69) is 4.72 Å². The van der Waals surface area contributed by atoms with E-state index in [1.807, 2.05) is 6.07 Å². The van der Waals surface area contributed by atoms with Gasteiger partial charge >= 0.3 is 0 Å². The van der Waals surface area contributed by atoms with Gasteiger partial charge in [0.2, 0.25) is 15.9 Å². The summed E-state index contributed by atoms with van der Waals surface area (Å²) in [6.07, 6.45) is -0.0257. The first-order chi connectivity index (χ1) is 8.82. The van der Waals surface area contributed by atoms with Crippen molar-refractivity contribution in [1.82, 2.24) is 4.72 Å². The van der Waals surface area contributed by atoms with Gasteiger partial charge in [0, 0.05) is 19.0 Å². The number of amides is 1. The third-order valence-corrected chi connectivity index (χ3v) is 3.95. The van der Waals surface area contributed by atoms with E-state index in [1.165, 1.54) is 0 Å². The van der Waals surface area contributed by atoms with Crippen LogP contribution in [0, 0.1) is 0 Å². The summed E-state index contributed by atoms with van der Waals surface area (Å²) in [5.74, 6) is -0.690. The molecular formula is C12H19N3O3S. The van der Waals surface area contributed by atoms with Gasteiger partial charge < -0.3 is 11.5 Å². The molecule has 0 saturated carbocycles. The van der Waals surface area contributed by atoms with Crippen LogP contribution in [0.2, 0.25) is 0 Å². The summed E-state index contributed by atoms with van der Waals surface area (Å²) >= 11 is 0. The van der Waals surface area contributed by atoms with Crippen LogP contribution >= 0.6 is 0 Å². The van der Waals surface area contributed by atoms with Crippen molar-refractivity contribution in [2.24, 2.45) is 11.5 Å². The molecule has 0 aliphatic rings. The summed E-state index contributed by atoms with van der Waals surface area (Å²) in [5.41, 5.74) is 12.0. The van der Waals surface area contributed by atoms with Crippen LogP contribution in [0.5, 0.6) is 0 Å². The zero-order valence-corrected chi connectivity index (χ0v) is 11.6. The lowest BCUT2D eigenvalue weighted by atomic mass is 10.1. The van der Waals surface area contributed by atoms with Crippen molar-refractivity contribution in [1.29, 1.82) is 0 Å². The molecule has 0 heterocycles. The molecule has 0 aliphatic carbocycles. The first-order valence-corrected chi connectivity index (χ1v) is 7.54. The van der Waals surface area contributed by atoms with Crippen molar-refractivity contribution in [3.63, 3.8) is 0 Å². The predicted octanol–water partition coefficient (Wildman–Crippen LogP) is -0.171. The van der Waals surface area contributed by atoms with Gasteiger partial charge in [-0.2, -0.15) is 0 Å². The van der Waals surface area contributed by atoms with Crippen molar-refractivity contribution >= 4 is 15.9 Å². The molecule has 1 aromatic carbocycles. The molecule has 1 unspecified atom stereocenters. The van der Waals surface area contributed by atoms with Crippen LogP contribution in [0.4, 0.5) is 0 Å². The smallest absolute Gasteiger partial charge is 0.219 e. The maximum Gasteiger partial charge on any atom is 0.219 e. The monoisotopic (exact) mass is 285 g/mol. The maximum atomic E-state index is 11.9. The van der Waals surface area contributed by atoms with Crippen LogP contribution < -0.4 is 16.2 Å². The van der Waals surface area contributed by atoms with Crippen LogP contribution in [0.1, 0.15) is 24.5 Å². The minimum Gasteiger partial charge on any atom is -0.370 e. The fourth-order valence-electron chi connectivity index (χ4n) is 1.76. The normalized spacial score (nSPS) is 13.2. The fourth-order valence-corrected chi connectivity index (χ4v) is 3.16. The molecule has 19 heavy (non-hydrogen) atoms. The summed E-state index contributed by atoms with van der Waals surface area (Å²) in [6.45, 7) is 1.96. The molecule has 1 atom stereocenters. The second-order valence-electron chi connectivity index (χ2n) is 4.47. The summed E-state index contributed by atoms with van der Waals surface area (Å²) in [6, 6.07) is 6.55. The van der Waals surface area contributed by atoms with Crippen LogP contribution in [0.15, 0.2) is 24.3 Å². The van der Waals surface area contributed by atoms with Crippen LogP contribution in [-0.2, 0) is 27.1 Å². The quantitative estimate of drug-likeness (QED) is 0.645. The molecule has 1 aromatic rings. The summed E-state index contributed by atoms with van der Waals surface area (Å²) in [7, 11) is -3.50. The largest absolute Gasteiger partial charge is 0.370 e. The van der Waals surface area contributed by atoms with Gasteiger partial charge in [0.05, 0.1) is 5.75 Å². The van der Waals surface area contributed by atoms with Crippen LogP contribution in [0.3, 0.4) is 0 Å². The Labute approximate surface area is 113 Å². The van der Waals surface area contributed by atoms with Crippen molar-refractivity contribution in [3.8, 4) is 0 Å². The number of carbonyl (C=O) groups is 1. The molecule has 106 valence electrons. The average molecular weight is 285 g/mol. The second kappa shape index (κ2) is 6.65. The number of hydrogen-bond acceptors (Lipinski definition) is 4. The second-order valence-corrected chi connectivity index (χ2v) is 6.23. The highest BCUT2D eigenvalue weighted by Crippen LogP contribution is 2.09. The zero-order valence-electron chi connectivity index (χ0n) is 10.8. The molecule has 7 heteroatoms. The highest BCUT2D eigenvalue weighted by atomic mass is 32.2. The number of nitrogens with one attached hydrogen (secondary N) is 1. The lowest BCUT2D eigenvalue weighted by molar-refractivity contribution is -0.118. The Kier molecular flexibility index (Phi) is 5.46. The third-order valence-electron chi connectivity index (χ3n) is 2.47. The number of sulfonamides is 1. The highest BCUT2D eigenvalue weighted by Gasteiger charge is 2.16. The van der Waals surface area contributed by atoms with Crippen LogP contribution in [0.25, 0.3) is 0 Å². The molecule has 6 nitrogen and oxygen atoms in total. The van der Waals surface area contributed by atoms with E-state index in [1.54, 1.807) is 25.1 Å². The van der Waals surface area contributed by atoms with E-state index >= 15 is 0 Å². The van der Waals surface area contributed by atoms with Gasteiger partial charge in [-0.05, 0) is 18.1 Å². The molecule has 0 radical (unpaired) electrons. The van der Waals surface area contributed by atoms with E-state index in [4.69, 9.17) is 11.5 Å². The average Bonchev–Trinajstić information content (AvgIpc) is 2.26. The van der Waals surface area contributed by atoms with E-state index in [0.29, 0.717) is 12.1 Å². The minimum absolute atomic E-state index is 0.0257. The Morgan fingerprint density at radius 1 is 1.37 bits per heavy atom. The summed E-state index contributed by atoms with van der Waals surface area (Å²) in [4.78, 5) is 10.7. The SMILES string of the molecule is CC(CC(N)=O)NS(=O)(=O)Cc1cccc(CN)c1. The standard InChI is InChI=1S/C12H19N3O3S/c1-9(5-12(14)16)15-19(17,18)8-11-4-2-3-10(6-11)7-13/h2-4,6,9,15H,5,7-8,13H2,1H3,(H2,14,16). The summed E-state index contributed by atoms with van der Waals surface area (Å²) < 4.78 is 26.2. The van der Waals surface area contributed by atoms with Gasteiger partial charge in [0.15, 0.2) is 0 Å². The number of benzene rings is 1. The van der Waals surface area contributed by atoms with Gasteiger partial charge in [0.1, 0.15) is 0 Å². The van der Waals surface area contributed by atoms with Gasteiger partial charge in [-0.15, -0.1) is 0 Å². The number of rotatable bonds is 7. The lowest BCUT2D eigenvalue weighted by Crippen LogP contribution is -2.36. The van der Waals surface area contributed by atoms with E-state index in [0.717, 1.165) is 5.56 Å². The maximum absolute atomic E-state index is 11.9.